The standard InChI is InChI=1S/C29H32N6O5/c1-6-39-26(37)21-14-30-27(31-15-21)34-24-20(13-19-10-8-7-9-11-19)16-32-35(24)23-17-33(28(38)40-29(3,4)5)18(2)12-22(23)25(34)36/h7-11,14-16,18H,6,12-13,17H2,1-5H3. The van der Waals surface area contributed by atoms with E-state index in [2.05, 4.69) is 15.1 Å². The van der Waals surface area contributed by atoms with Crippen LogP contribution in [-0.2, 0) is 28.9 Å². The molecule has 0 bridgehead atoms. The van der Waals surface area contributed by atoms with Crippen LogP contribution in [0.25, 0.3) is 11.6 Å². The first kappa shape index (κ1) is 27.0. The summed E-state index contributed by atoms with van der Waals surface area (Å²) in [5, 5.41) is 4.67. The molecule has 11 heteroatoms. The Bertz CT molecular complexity index is 1620. The first-order chi connectivity index (χ1) is 19.1. The Labute approximate surface area is 231 Å². The highest BCUT2D eigenvalue weighted by atomic mass is 16.6. The average molecular weight is 545 g/mol. The van der Waals surface area contributed by atoms with Crippen LogP contribution in [0, 0.1) is 0 Å². The van der Waals surface area contributed by atoms with Gasteiger partial charge in [-0.25, -0.2) is 28.6 Å². The van der Waals surface area contributed by atoms with Crippen molar-refractivity contribution < 1.29 is 19.1 Å². The van der Waals surface area contributed by atoms with Crippen LogP contribution in [0.4, 0.5) is 4.79 Å². The highest BCUT2D eigenvalue weighted by molar-refractivity contribution is 5.88. The zero-order chi connectivity index (χ0) is 28.6. The predicted molar refractivity (Wildman–Crippen MR) is 147 cm³/mol. The molecule has 0 fully saturated rings. The summed E-state index contributed by atoms with van der Waals surface area (Å²) < 4.78 is 13.8. The second kappa shape index (κ2) is 10.6. The number of benzene rings is 1. The molecule has 1 amide bonds. The van der Waals surface area contributed by atoms with Crippen molar-refractivity contribution >= 4 is 17.7 Å². The van der Waals surface area contributed by atoms with Gasteiger partial charge in [0.2, 0.25) is 5.95 Å². The fraction of sp³-hybridized carbons (Fsp3) is 0.379. The van der Waals surface area contributed by atoms with Crippen molar-refractivity contribution in [3.63, 3.8) is 0 Å². The normalized spacial score (nSPS) is 15.1. The maximum atomic E-state index is 14.1. The number of hydrogen-bond donors (Lipinski definition) is 0. The molecule has 1 aliphatic rings. The Morgan fingerprint density at radius 3 is 2.42 bits per heavy atom. The van der Waals surface area contributed by atoms with Crippen LogP contribution in [0.5, 0.6) is 0 Å². The van der Waals surface area contributed by atoms with Gasteiger partial charge in [-0.3, -0.25) is 9.69 Å². The molecule has 0 spiro atoms. The Kier molecular flexibility index (Phi) is 7.14. The minimum absolute atomic E-state index is 0.114. The minimum atomic E-state index is -0.655. The van der Waals surface area contributed by atoms with E-state index in [1.807, 2.05) is 58.0 Å². The van der Waals surface area contributed by atoms with Gasteiger partial charge in [-0.05, 0) is 40.2 Å². The summed E-state index contributed by atoms with van der Waals surface area (Å²) in [6, 6.07) is 9.56. The number of carbonyl (C=O) groups excluding carboxylic acids is 2. The summed E-state index contributed by atoms with van der Waals surface area (Å²) in [7, 11) is 0. The number of esters is 1. The predicted octanol–water partition coefficient (Wildman–Crippen LogP) is 3.72. The van der Waals surface area contributed by atoms with Crippen molar-refractivity contribution in [2.24, 2.45) is 0 Å². The Balaban J connectivity index is 1.67. The van der Waals surface area contributed by atoms with Crippen LogP contribution in [0.15, 0.2) is 53.7 Å². The molecule has 0 radical (unpaired) electrons. The zero-order valence-corrected chi connectivity index (χ0v) is 23.2. The zero-order valence-electron chi connectivity index (χ0n) is 23.2. The van der Waals surface area contributed by atoms with Gasteiger partial charge in [0.1, 0.15) is 11.2 Å². The first-order valence-electron chi connectivity index (χ1n) is 13.2. The molecule has 3 aromatic heterocycles. The van der Waals surface area contributed by atoms with Gasteiger partial charge in [0.25, 0.3) is 5.56 Å². The van der Waals surface area contributed by atoms with Crippen LogP contribution in [0.2, 0.25) is 0 Å². The van der Waals surface area contributed by atoms with E-state index in [1.165, 1.54) is 17.0 Å². The first-order valence-corrected chi connectivity index (χ1v) is 13.2. The van der Waals surface area contributed by atoms with Crippen molar-refractivity contribution in [1.82, 2.24) is 29.0 Å². The third kappa shape index (κ3) is 5.18. The number of rotatable bonds is 5. The Morgan fingerprint density at radius 2 is 1.77 bits per heavy atom. The molecule has 208 valence electrons. The van der Waals surface area contributed by atoms with E-state index in [1.54, 1.807) is 22.5 Å². The summed E-state index contributed by atoms with van der Waals surface area (Å²) in [6.07, 6.45) is 4.79. The average Bonchev–Trinajstić information content (AvgIpc) is 3.31. The lowest BCUT2D eigenvalue weighted by Crippen LogP contribution is -2.48. The van der Waals surface area contributed by atoms with Crippen LogP contribution in [0.3, 0.4) is 0 Å². The molecule has 11 nitrogen and oxygen atoms in total. The number of amides is 1. The van der Waals surface area contributed by atoms with Crippen LogP contribution in [0.1, 0.15) is 67.4 Å². The summed E-state index contributed by atoms with van der Waals surface area (Å²) >= 11 is 0. The maximum absolute atomic E-state index is 14.1. The van der Waals surface area contributed by atoms with E-state index in [0.717, 1.165) is 11.1 Å². The number of nitrogens with zero attached hydrogens (tertiary/aromatic N) is 6. The molecule has 0 N–H and O–H groups in total. The van der Waals surface area contributed by atoms with Crippen molar-refractivity contribution in [1.29, 1.82) is 0 Å². The molecular weight excluding hydrogens is 512 g/mol. The van der Waals surface area contributed by atoms with Gasteiger partial charge in [0.05, 0.1) is 30.6 Å². The van der Waals surface area contributed by atoms with Crippen molar-refractivity contribution in [3.05, 3.63) is 87.2 Å². The molecule has 1 unspecified atom stereocenters. The van der Waals surface area contributed by atoms with Crippen molar-refractivity contribution in [2.75, 3.05) is 6.61 Å². The molecule has 0 saturated heterocycles. The molecular formula is C29H32N6O5. The lowest BCUT2D eigenvalue weighted by molar-refractivity contribution is 0.0131. The quantitative estimate of drug-likeness (QED) is 0.349. The van der Waals surface area contributed by atoms with Crippen LogP contribution in [-0.4, -0.2) is 59.4 Å². The summed E-state index contributed by atoms with van der Waals surface area (Å²) in [5.41, 5.74) is 2.69. The highest BCUT2D eigenvalue weighted by Crippen LogP contribution is 2.27. The molecule has 0 saturated carbocycles. The molecule has 40 heavy (non-hydrogen) atoms. The molecule has 4 heterocycles. The Hall–Kier alpha value is -4.54. The lowest BCUT2D eigenvalue weighted by atomic mass is 9.99. The highest BCUT2D eigenvalue weighted by Gasteiger charge is 2.35. The topological polar surface area (TPSA) is 121 Å². The fourth-order valence-corrected chi connectivity index (χ4v) is 4.83. The number of carbonyl (C=O) groups is 2. The van der Waals surface area contributed by atoms with E-state index in [0.29, 0.717) is 29.7 Å². The third-order valence-corrected chi connectivity index (χ3v) is 6.66. The van der Waals surface area contributed by atoms with E-state index in [4.69, 9.17) is 9.47 Å². The number of ether oxygens (including phenoxy) is 2. The van der Waals surface area contributed by atoms with Gasteiger partial charge in [-0.2, -0.15) is 5.10 Å². The molecule has 5 rings (SSSR count). The molecule has 0 aliphatic carbocycles. The SMILES string of the molecule is CCOC(=O)c1cnc(-n2c(=O)c3c(n4ncc(Cc5ccccc5)c24)CN(C(=O)OC(C)(C)C)C(C)C3)nc1. The maximum Gasteiger partial charge on any atom is 0.410 e. The summed E-state index contributed by atoms with van der Waals surface area (Å²) in [4.78, 5) is 49.7. The number of aromatic nitrogens is 5. The van der Waals surface area contributed by atoms with Gasteiger partial charge in [0, 0.05) is 42.4 Å². The number of fused-ring (bicyclic) bond motifs is 3. The number of hydrogen-bond acceptors (Lipinski definition) is 8. The van der Waals surface area contributed by atoms with Gasteiger partial charge < -0.3 is 9.47 Å². The minimum Gasteiger partial charge on any atom is -0.462 e. The van der Waals surface area contributed by atoms with Crippen LogP contribution >= 0.6 is 0 Å². The van der Waals surface area contributed by atoms with E-state index >= 15 is 0 Å². The van der Waals surface area contributed by atoms with E-state index < -0.39 is 17.7 Å². The molecule has 4 aromatic rings. The van der Waals surface area contributed by atoms with Crippen molar-refractivity contribution in [2.45, 2.75) is 65.6 Å². The van der Waals surface area contributed by atoms with Crippen LogP contribution < -0.4 is 5.56 Å². The van der Waals surface area contributed by atoms with Crippen molar-refractivity contribution in [3.8, 4) is 5.95 Å². The van der Waals surface area contributed by atoms with Gasteiger partial charge in [-0.15, -0.1) is 0 Å². The Morgan fingerprint density at radius 1 is 1.07 bits per heavy atom. The largest absolute Gasteiger partial charge is 0.462 e. The second-order valence-electron chi connectivity index (χ2n) is 10.8. The van der Waals surface area contributed by atoms with Gasteiger partial charge in [-0.1, -0.05) is 30.3 Å². The summed E-state index contributed by atoms with van der Waals surface area (Å²) in [6.45, 7) is 9.45. The monoisotopic (exact) mass is 544 g/mol. The molecule has 1 atom stereocenters. The smallest absolute Gasteiger partial charge is 0.410 e. The van der Waals surface area contributed by atoms with E-state index in [-0.39, 0.29) is 36.3 Å². The second-order valence-corrected chi connectivity index (χ2v) is 10.8. The van der Waals surface area contributed by atoms with Gasteiger partial charge >= 0.3 is 12.1 Å². The molecule has 1 aliphatic heterocycles. The van der Waals surface area contributed by atoms with E-state index in [9.17, 15) is 14.4 Å². The lowest BCUT2D eigenvalue weighted by Gasteiger charge is -2.36. The summed E-state index contributed by atoms with van der Waals surface area (Å²) in [5.74, 6) is -0.426. The molecule has 1 aromatic carbocycles. The fourth-order valence-electron chi connectivity index (χ4n) is 4.83. The van der Waals surface area contributed by atoms with Gasteiger partial charge in [0.15, 0.2) is 0 Å². The third-order valence-electron chi connectivity index (χ3n) is 6.66.